The van der Waals surface area contributed by atoms with Gasteiger partial charge in [-0.1, -0.05) is 65.0 Å². The van der Waals surface area contributed by atoms with Crippen LogP contribution >= 0.6 is 0 Å². The quantitative estimate of drug-likeness (QED) is 0.546. The van der Waals surface area contributed by atoms with Crippen molar-refractivity contribution < 1.29 is 4.79 Å². The molecule has 0 radical (unpaired) electrons. The number of nitrogens with one attached hydrogen (secondary N) is 1. The van der Waals surface area contributed by atoms with Crippen molar-refractivity contribution in [2.24, 2.45) is 0 Å². The van der Waals surface area contributed by atoms with E-state index in [1.54, 1.807) is 0 Å². The molecule has 0 aliphatic heterocycles. The fourth-order valence-corrected chi connectivity index (χ4v) is 3.26. The number of aromatic nitrogens is 1. The number of rotatable bonds is 4. The summed E-state index contributed by atoms with van der Waals surface area (Å²) in [7, 11) is 0. The van der Waals surface area contributed by atoms with Gasteiger partial charge in [-0.3, -0.25) is 4.79 Å². The van der Waals surface area contributed by atoms with Crippen molar-refractivity contribution >= 4 is 17.2 Å². The average Bonchev–Trinajstić information content (AvgIpc) is 2.98. The SMILES string of the molecule is CCC(C)c1ccc2[nH]c(-c3ccc(C(C)(C)C)cc3)c(C=O)c2c1. The third kappa shape index (κ3) is 3.26. The molecule has 0 saturated carbocycles. The predicted octanol–water partition coefficient (Wildman–Crippen LogP) is 6.46. The normalized spacial score (nSPS) is 13.2. The van der Waals surface area contributed by atoms with Crippen molar-refractivity contribution in [2.45, 2.75) is 52.4 Å². The van der Waals surface area contributed by atoms with Crippen LogP contribution in [0.4, 0.5) is 0 Å². The molecule has 1 unspecified atom stereocenters. The fourth-order valence-electron chi connectivity index (χ4n) is 3.26. The van der Waals surface area contributed by atoms with Gasteiger partial charge in [-0.15, -0.1) is 0 Å². The first-order chi connectivity index (χ1) is 11.8. The summed E-state index contributed by atoms with van der Waals surface area (Å²) < 4.78 is 0. The van der Waals surface area contributed by atoms with Gasteiger partial charge in [0.1, 0.15) is 0 Å². The molecule has 3 rings (SSSR count). The van der Waals surface area contributed by atoms with Crippen LogP contribution in [-0.2, 0) is 5.41 Å². The van der Waals surface area contributed by atoms with Crippen LogP contribution in [0.2, 0.25) is 0 Å². The molecule has 130 valence electrons. The molecular formula is C23H27NO. The summed E-state index contributed by atoms with van der Waals surface area (Å²) in [6.07, 6.45) is 2.07. The van der Waals surface area contributed by atoms with Gasteiger partial charge in [-0.2, -0.15) is 0 Å². The van der Waals surface area contributed by atoms with Crippen LogP contribution in [0, 0.1) is 0 Å². The van der Waals surface area contributed by atoms with E-state index in [9.17, 15) is 4.79 Å². The molecule has 0 aliphatic rings. The van der Waals surface area contributed by atoms with Crippen LogP contribution in [0.5, 0.6) is 0 Å². The highest BCUT2D eigenvalue weighted by Crippen LogP contribution is 2.33. The van der Waals surface area contributed by atoms with Crippen molar-refractivity contribution in [1.82, 2.24) is 4.98 Å². The van der Waals surface area contributed by atoms with Crippen LogP contribution in [0.1, 0.15) is 68.4 Å². The maximum atomic E-state index is 11.8. The van der Waals surface area contributed by atoms with Crippen molar-refractivity contribution in [1.29, 1.82) is 0 Å². The van der Waals surface area contributed by atoms with Crippen LogP contribution in [0.3, 0.4) is 0 Å². The molecule has 3 aromatic rings. The molecule has 1 aromatic heterocycles. The van der Waals surface area contributed by atoms with E-state index in [2.05, 4.69) is 82.1 Å². The molecule has 1 N–H and O–H groups in total. The molecule has 0 spiro atoms. The number of carbonyl (C=O) groups is 1. The van der Waals surface area contributed by atoms with E-state index >= 15 is 0 Å². The molecular weight excluding hydrogens is 306 g/mol. The van der Waals surface area contributed by atoms with E-state index in [-0.39, 0.29) is 5.41 Å². The molecule has 1 atom stereocenters. The summed E-state index contributed by atoms with van der Waals surface area (Å²) in [6, 6.07) is 14.9. The van der Waals surface area contributed by atoms with E-state index in [0.29, 0.717) is 5.92 Å². The second-order valence-electron chi connectivity index (χ2n) is 7.97. The Morgan fingerprint density at radius 2 is 1.76 bits per heavy atom. The molecule has 0 amide bonds. The number of H-pyrrole nitrogens is 1. The number of fused-ring (bicyclic) bond motifs is 1. The van der Waals surface area contributed by atoms with Crippen molar-refractivity contribution in [3.05, 3.63) is 59.2 Å². The standard InChI is InChI=1S/C23H27NO/c1-6-15(2)17-9-12-21-19(13-17)20(14-25)22(24-21)16-7-10-18(11-8-16)23(3,4)5/h7-15,24H,6H2,1-5H3. The molecule has 1 heterocycles. The zero-order valence-corrected chi connectivity index (χ0v) is 15.8. The summed E-state index contributed by atoms with van der Waals surface area (Å²) in [5.41, 5.74) is 6.43. The summed E-state index contributed by atoms with van der Waals surface area (Å²) >= 11 is 0. The average molecular weight is 333 g/mol. The number of aromatic amines is 1. The third-order valence-electron chi connectivity index (χ3n) is 5.20. The maximum Gasteiger partial charge on any atom is 0.152 e. The molecule has 0 fully saturated rings. The molecule has 2 nitrogen and oxygen atoms in total. The zero-order chi connectivity index (χ0) is 18.2. The minimum atomic E-state index is 0.123. The first-order valence-corrected chi connectivity index (χ1v) is 9.07. The van der Waals surface area contributed by atoms with E-state index < -0.39 is 0 Å². The Morgan fingerprint density at radius 3 is 2.32 bits per heavy atom. The lowest BCUT2D eigenvalue weighted by Crippen LogP contribution is -2.10. The second kappa shape index (κ2) is 6.51. The third-order valence-corrected chi connectivity index (χ3v) is 5.20. The summed E-state index contributed by atoms with van der Waals surface area (Å²) in [5.74, 6) is 0.494. The molecule has 0 saturated heterocycles. The zero-order valence-electron chi connectivity index (χ0n) is 15.8. The van der Waals surface area contributed by atoms with Crippen LogP contribution in [0.25, 0.3) is 22.2 Å². The minimum absolute atomic E-state index is 0.123. The van der Waals surface area contributed by atoms with Crippen LogP contribution in [0.15, 0.2) is 42.5 Å². The lowest BCUT2D eigenvalue weighted by molar-refractivity contribution is 0.112. The Labute approximate surface area is 150 Å². The Morgan fingerprint density at radius 1 is 1.08 bits per heavy atom. The van der Waals surface area contributed by atoms with Crippen molar-refractivity contribution in [2.75, 3.05) is 0 Å². The van der Waals surface area contributed by atoms with Gasteiger partial charge < -0.3 is 4.98 Å². The fraction of sp³-hybridized carbons (Fsp3) is 0.348. The Bertz CT molecular complexity index is 894. The molecule has 25 heavy (non-hydrogen) atoms. The van der Waals surface area contributed by atoms with Gasteiger partial charge in [0.2, 0.25) is 0 Å². The van der Waals surface area contributed by atoms with Gasteiger partial charge in [0.25, 0.3) is 0 Å². The lowest BCUT2D eigenvalue weighted by Gasteiger charge is -2.19. The number of carbonyl (C=O) groups excluding carboxylic acids is 1. The highest BCUT2D eigenvalue weighted by Gasteiger charge is 2.16. The predicted molar refractivity (Wildman–Crippen MR) is 107 cm³/mol. The molecule has 2 heteroatoms. The van der Waals surface area contributed by atoms with Gasteiger partial charge in [0.05, 0.1) is 5.69 Å². The minimum Gasteiger partial charge on any atom is -0.354 e. The van der Waals surface area contributed by atoms with Crippen molar-refractivity contribution in [3.8, 4) is 11.3 Å². The topological polar surface area (TPSA) is 32.9 Å². The number of hydrogen-bond acceptors (Lipinski definition) is 1. The van der Waals surface area contributed by atoms with Gasteiger partial charge in [-0.25, -0.2) is 0 Å². The van der Waals surface area contributed by atoms with Crippen LogP contribution in [-0.4, -0.2) is 11.3 Å². The first-order valence-electron chi connectivity index (χ1n) is 9.07. The first kappa shape index (κ1) is 17.5. The smallest absolute Gasteiger partial charge is 0.152 e. The number of hydrogen-bond donors (Lipinski definition) is 1. The monoisotopic (exact) mass is 333 g/mol. The second-order valence-corrected chi connectivity index (χ2v) is 7.97. The molecule has 2 aromatic carbocycles. The lowest BCUT2D eigenvalue weighted by atomic mass is 9.86. The van der Waals surface area contributed by atoms with Gasteiger partial charge in [-0.05, 0) is 46.6 Å². The van der Waals surface area contributed by atoms with Crippen LogP contribution < -0.4 is 0 Å². The highest BCUT2D eigenvalue weighted by atomic mass is 16.1. The van der Waals surface area contributed by atoms with E-state index in [0.717, 1.165) is 40.4 Å². The van der Waals surface area contributed by atoms with E-state index in [1.807, 2.05) is 0 Å². The van der Waals surface area contributed by atoms with E-state index in [4.69, 9.17) is 0 Å². The van der Waals surface area contributed by atoms with Crippen molar-refractivity contribution in [3.63, 3.8) is 0 Å². The number of aldehydes is 1. The van der Waals surface area contributed by atoms with Gasteiger partial charge >= 0.3 is 0 Å². The highest BCUT2D eigenvalue weighted by molar-refractivity contribution is 6.04. The number of benzene rings is 2. The summed E-state index contributed by atoms with van der Waals surface area (Å²) in [4.78, 5) is 15.3. The molecule has 0 aliphatic carbocycles. The van der Waals surface area contributed by atoms with Gasteiger partial charge in [0.15, 0.2) is 6.29 Å². The maximum absolute atomic E-state index is 11.8. The summed E-state index contributed by atoms with van der Waals surface area (Å²) in [5, 5.41) is 1.02. The largest absolute Gasteiger partial charge is 0.354 e. The Hall–Kier alpha value is -2.35. The molecule has 0 bridgehead atoms. The Balaban J connectivity index is 2.11. The van der Waals surface area contributed by atoms with E-state index in [1.165, 1.54) is 11.1 Å². The van der Waals surface area contributed by atoms with Gasteiger partial charge in [0, 0.05) is 16.5 Å². The summed E-state index contributed by atoms with van der Waals surface area (Å²) in [6.45, 7) is 11.0. The Kier molecular flexibility index (Phi) is 4.55.